The lowest BCUT2D eigenvalue weighted by Crippen LogP contribution is -2.27. The number of amides is 1. The monoisotopic (exact) mass is 455 g/mol. The lowest BCUT2D eigenvalue weighted by molar-refractivity contribution is 0.0790. The van der Waals surface area contributed by atoms with Crippen LogP contribution in [0.15, 0.2) is 34.9 Å². The summed E-state index contributed by atoms with van der Waals surface area (Å²) in [5.41, 5.74) is 1.86. The molecule has 1 amide bonds. The summed E-state index contributed by atoms with van der Waals surface area (Å²) in [5, 5.41) is 17.3. The maximum Gasteiger partial charge on any atom is 0.257 e. The van der Waals surface area contributed by atoms with Crippen molar-refractivity contribution in [2.45, 2.75) is 52.0 Å². The number of carbonyl (C=O) groups excluding carboxylic acids is 1. The fraction of sp³-hybridized carbons (Fsp3) is 0.435. The number of phenolic OH excluding ortho intramolecular Hbond substituents is 1. The van der Waals surface area contributed by atoms with Gasteiger partial charge in [0.15, 0.2) is 17.4 Å². The van der Waals surface area contributed by atoms with Gasteiger partial charge < -0.3 is 25.1 Å². The molecule has 0 radical (unpaired) electrons. The van der Waals surface area contributed by atoms with E-state index in [-0.39, 0.29) is 23.3 Å². The Morgan fingerprint density at radius 3 is 2.69 bits per heavy atom. The predicted octanol–water partition coefficient (Wildman–Crippen LogP) is 5.50. The van der Waals surface area contributed by atoms with E-state index < -0.39 is 0 Å². The number of aromatic nitrogens is 2. The SMILES string of the molecule is CC[C@@H](Nc1nsnc1Nc1cccc(C(=O)N2CCCC2)c1O)c1cc(C(C)C)co1. The van der Waals surface area contributed by atoms with Crippen LogP contribution in [-0.4, -0.2) is 37.8 Å². The minimum Gasteiger partial charge on any atom is -0.505 e. The van der Waals surface area contributed by atoms with Crippen molar-refractivity contribution in [3.8, 4) is 5.75 Å². The van der Waals surface area contributed by atoms with Crippen LogP contribution in [0.2, 0.25) is 0 Å². The van der Waals surface area contributed by atoms with Crippen molar-refractivity contribution in [2.75, 3.05) is 23.7 Å². The number of para-hydroxylation sites is 1. The van der Waals surface area contributed by atoms with E-state index >= 15 is 0 Å². The van der Waals surface area contributed by atoms with Crippen LogP contribution in [0.5, 0.6) is 5.75 Å². The summed E-state index contributed by atoms with van der Waals surface area (Å²) in [6.45, 7) is 7.78. The predicted molar refractivity (Wildman–Crippen MR) is 126 cm³/mol. The first kappa shape index (κ1) is 22.1. The summed E-state index contributed by atoms with van der Waals surface area (Å²) < 4.78 is 14.5. The number of hydrogen-bond donors (Lipinski definition) is 3. The molecule has 1 aliphatic rings. The standard InChI is InChI=1S/C23H29N5O3S/c1-4-17(19-12-15(13-31-19)14(2)3)24-21-22(27-32-26-21)25-18-9-7-8-16(20(18)29)23(30)28-10-5-6-11-28/h7-9,12-14,17,29H,4-6,10-11H2,1-3H3,(H,24,26)(H,25,27)/t17-/m1/s1. The summed E-state index contributed by atoms with van der Waals surface area (Å²) >= 11 is 1.07. The highest BCUT2D eigenvalue weighted by atomic mass is 32.1. The Balaban J connectivity index is 1.52. The first-order chi connectivity index (χ1) is 15.5. The number of nitrogens with one attached hydrogen (secondary N) is 2. The van der Waals surface area contributed by atoms with Crippen LogP contribution < -0.4 is 10.6 Å². The van der Waals surface area contributed by atoms with Gasteiger partial charge in [-0.15, -0.1) is 0 Å². The molecule has 1 aromatic carbocycles. The van der Waals surface area contributed by atoms with Crippen LogP contribution in [0, 0.1) is 0 Å². The molecule has 32 heavy (non-hydrogen) atoms. The molecule has 3 aromatic rings. The van der Waals surface area contributed by atoms with E-state index in [1.165, 1.54) is 0 Å². The fourth-order valence-corrected chi connectivity index (χ4v) is 4.27. The highest BCUT2D eigenvalue weighted by Gasteiger charge is 2.24. The van der Waals surface area contributed by atoms with Gasteiger partial charge >= 0.3 is 0 Å². The molecule has 1 fully saturated rings. The van der Waals surface area contributed by atoms with Crippen LogP contribution >= 0.6 is 11.7 Å². The Morgan fingerprint density at radius 1 is 1.25 bits per heavy atom. The molecular formula is C23H29N5O3S. The zero-order chi connectivity index (χ0) is 22.7. The highest BCUT2D eigenvalue weighted by molar-refractivity contribution is 6.99. The van der Waals surface area contributed by atoms with E-state index in [4.69, 9.17) is 4.42 Å². The van der Waals surface area contributed by atoms with Gasteiger partial charge in [0.1, 0.15) is 5.76 Å². The van der Waals surface area contributed by atoms with Gasteiger partial charge in [0.05, 0.1) is 35.3 Å². The molecule has 0 aliphatic carbocycles. The molecule has 1 aliphatic heterocycles. The van der Waals surface area contributed by atoms with Gasteiger partial charge in [0.25, 0.3) is 5.91 Å². The number of nitrogens with zero attached hydrogens (tertiary/aromatic N) is 3. The summed E-state index contributed by atoms with van der Waals surface area (Å²) in [6.07, 6.45) is 4.59. The van der Waals surface area contributed by atoms with E-state index in [1.807, 2.05) is 0 Å². The number of benzene rings is 1. The molecule has 1 saturated heterocycles. The van der Waals surface area contributed by atoms with Gasteiger partial charge in [-0.3, -0.25) is 4.79 Å². The number of carbonyl (C=O) groups is 1. The molecule has 0 saturated carbocycles. The maximum atomic E-state index is 12.8. The van der Waals surface area contributed by atoms with Crippen LogP contribution in [-0.2, 0) is 0 Å². The lowest BCUT2D eigenvalue weighted by atomic mass is 10.1. The van der Waals surface area contributed by atoms with Gasteiger partial charge in [0, 0.05) is 13.1 Å². The van der Waals surface area contributed by atoms with Gasteiger partial charge in [0.2, 0.25) is 0 Å². The zero-order valence-corrected chi connectivity index (χ0v) is 19.4. The summed E-state index contributed by atoms with van der Waals surface area (Å²) in [4.78, 5) is 14.5. The quantitative estimate of drug-likeness (QED) is 0.385. The Labute approximate surface area is 192 Å². The Bertz CT molecular complexity index is 1070. The molecule has 0 unspecified atom stereocenters. The van der Waals surface area contributed by atoms with Crippen molar-refractivity contribution in [1.82, 2.24) is 13.6 Å². The average Bonchev–Trinajstić information content (AvgIpc) is 3.55. The number of rotatable bonds is 8. The van der Waals surface area contributed by atoms with Crippen LogP contribution in [0.1, 0.15) is 73.7 Å². The molecule has 3 N–H and O–H groups in total. The summed E-state index contributed by atoms with van der Waals surface area (Å²) in [5.74, 6) is 2.06. The van der Waals surface area contributed by atoms with Gasteiger partial charge in [-0.1, -0.05) is 26.8 Å². The molecule has 0 spiro atoms. The van der Waals surface area contributed by atoms with Crippen molar-refractivity contribution in [1.29, 1.82) is 0 Å². The second-order valence-electron chi connectivity index (χ2n) is 8.33. The van der Waals surface area contributed by atoms with E-state index in [0.717, 1.165) is 55.4 Å². The number of hydrogen-bond acceptors (Lipinski definition) is 8. The molecule has 3 heterocycles. The number of furan rings is 1. The molecule has 4 rings (SSSR count). The molecule has 2 aromatic heterocycles. The Kier molecular flexibility index (Phi) is 6.64. The first-order valence-corrected chi connectivity index (χ1v) is 11.8. The average molecular weight is 456 g/mol. The van der Waals surface area contributed by atoms with Crippen molar-refractivity contribution in [3.05, 3.63) is 47.4 Å². The zero-order valence-electron chi connectivity index (χ0n) is 18.6. The van der Waals surface area contributed by atoms with Crippen molar-refractivity contribution in [2.24, 2.45) is 0 Å². The maximum absolute atomic E-state index is 12.8. The minimum absolute atomic E-state index is 0.0661. The Hall–Kier alpha value is -3.07. The van der Waals surface area contributed by atoms with E-state index in [2.05, 4.69) is 46.2 Å². The second-order valence-corrected chi connectivity index (χ2v) is 8.86. The number of anilines is 3. The third-order valence-electron chi connectivity index (χ3n) is 5.77. The van der Waals surface area contributed by atoms with Gasteiger partial charge in [-0.05, 0) is 48.9 Å². The minimum atomic E-state index is -0.150. The fourth-order valence-electron chi connectivity index (χ4n) is 3.79. The van der Waals surface area contributed by atoms with Crippen LogP contribution in [0.25, 0.3) is 0 Å². The van der Waals surface area contributed by atoms with Gasteiger partial charge in [-0.25, -0.2) is 0 Å². The Morgan fingerprint density at radius 2 is 2.00 bits per heavy atom. The number of likely N-dealkylation sites (tertiary alicyclic amines) is 1. The molecule has 170 valence electrons. The topological polar surface area (TPSA) is 104 Å². The molecular weight excluding hydrogens is 426 g/mol. The third-order valence-corrected chi connectivity index (χ3v) is 6.30. The smallest absolute Gasteiger partial charge is 0.257 e. The molecule has 0 bridgehead atoms. The van der Waals surface area contributed by atoms with Crippen LogP contribution in [0.4, 0.5) is 17.3 Å². The molecule has 1 atom stereocenters. The van der Waals surface area contributed by atoms with Crippen LogP contribution in [0.3, 0.4) is 0 Å². The third kappa shape index (κ3) is 4.57. The number of aromatic hydroxyl groups is 1. The number of phenols is 1. The second kappa shape index (κ2) is 9.60. The first-order valence-electron chi connectivity index (χ1n) is 11.0. The van der Waals surface area contributed by atoms with E-state index in [0.29, 0.717) is 23.2 Å². The normalized spacial score (nSPS) is 14.7. The lowest BCUT2D eigenvalue weighted by Gasteiger charge is -2.18. The molecule has 8 nitrogen and oxygen atoms in total. The summed E-state index contributed by atoms with van der Waals surface area (Å²) in [7, 11) is 0. The highest BCUT2D eigenvalue weighted by Crippen LogP contribution is 2.35. The summed E-state index contributed by atoms with van der Waals surface area (Å²) in [6, 6.07) is 7.12. The van der Waals surface area contributed by atoms with Crippen molar-refractivity contribution >= 4 is 35.0 Å². The van der Waals surface area contributed by atoms with E-state index in [1.54, 1.807) is 29.4 Å². The van der Waals surface area contributed by atoms with Gasteiger partial charge in [-0.2, -0.15) is 8.75 Å². The van der Waals surface area contributed by atoms with Crippen molar-refractivity contribution in [3.63, 3.8) is 0 Å². The largest absolute Gasteiger partial charge is 0.505 e. The molecule has 9 heteroatoms. The van der Waals surface area contributed by atoms with E-state index in [9.17, 15) is 9.90 Å². The van der Waals surface area contributed by atoms with Crippen molar-refractivity contribution < 1.29 is 14.3 Å².